The average molecular weight is 294 g/mol. The number of anilines is 2. The predicted molar refractivity (Wildman–Crippen MR) is 79.0 cm³/mol. The monoisotopic (exact) mass is 294 g/mol. The average Bonchev–Trinajstić information content (AvgIpc) is 2.88. The molecule has 0 fully saturated rings. The Hall–Kier alpha value is -1.96. The molecule has 1 atom stereocenters. The molecule has 0 aliphatic rings. The molecular formula is C12H18N6OS. The van der Waals surface area contributed by atoms with Crippen LogP contribution in [0, 0.1) is 0 Å². The zero-order valence-electron chi connectivity index (χ0n) is 11.7. The molecule has 0 saturated heterocycles. The van der Waals surface area contributed by atoms with Gasteiger partial charge in [0.25, 0.3) is 0 Å². The SMILES string of the molecule is CC(C)Oc1nc(N)nc(NCC(C)c2nccs2)n1. The molecule has 20 heavy (non-hydrogen) atoms. The predicted octanol–water partition coefficient (Wildman–Crippen LogP) is 1.91. The quantitative estimate of drug-likeness (QED) is 0.839. The van der Waals surface area contributed by atoms with Crippen molar-refractivity contribution in [3.8, 4) is 6.01 Å². The summed E-state index contributed by atoms with van der Waals surface area (Å²) in [7, 11) is 0. The Morgan fingerprint density at radius 1 is 1.30 bits per heavy atom. The van der Waals surface area contributed by atoms with E-state index in [9.17, 15) is 0 Å². The van der Waals surface area contributed by atoms with Crippen molar-refractivity contribution in [1.29, 1.82) is 0 Å². The van der Waals surface area contributed by atoms with E-state index in [2.05, 4.69) is 32.2 Å². The Balaban J connectivity index is 2.00. The number of hydrogen-bond donors (Lipinski definition) is 2. The van der Waals surface area contributed by atoms with Crippen LogP contribution in [-0.2, 0) is 0 Å². The van der Waals surface area contributed by atoms with Gasteiger partial charge in [0.2, 0.25) is 11.9 Å². The highest BCUT2D eigenvalue weighted by Gasteiger charge is 2.11. The molecule has 0 spiro atoms. The van der Waals surface area contributed by atoms with Gasteiger partial charge in [0.1, 0.15) is 0 Å². The molecule has 0 aliphatic heterocycles. The summed E-state index contributed by atoms with van der Waals surface area (Å²) in [6.45, 7) is 6.55. The maximum atomic E-state index is 5.64. The first-order valence-electron chi connectivity index (χ1n) is 6.36. The number of nitrogens with zero attached hydrogens (tertiary/aromatic N) is 4. The molecule has 8 heteroatoms. The molecule has 0 radical (unpaired) electrons. The Morgan fingerprint density at radius 3 is 2.75 bits per heavy atom. The summed E-state index contributed by atoms with van der Waals surface area (Å²) < 4.78 is 5.42. The van der Waals surface area contributed by atoms with Crippen LogP contribution in [0.25, 0.3) is 0 Å². The number of ether oxygens (including phenoxy) is 1. The molecular weight excluding hydrogens is 276 g/mol. The summed E-state index contributed by atoms with van der Waals surface area (Å²) in [5.74, 6) is 0.819. The fourth-order valence-corrected chi connectivity index (χ4v) is 2.22. The lowest BCUT2D eigenvalue weighted by Crippen LogP contribution is -2.15. The molecule has 0 saturated carbocycles. The highest BCUT2D eigenvalue weighted by molar-refractivity contribution is 7.09. The van der Waals surface area contributed by atoms with Gasteiger partial charge in [-0.3, -0.25) is 0 Å². The van der Waals surface area contributed by atoms with Gasteiger partial charge in [-0.2, -0.15) is 15.0 Å². The Bertz CT molecular complexity index is 545. The number of hydrogen-bond acceptors (Lipinski definition) is 8. The van der Waals surface area contributed by atoms with Gasteiger partial charge in [0, 0.05) is 24.0 Å². The minimum Gasteiger partial charge on any atom is -0.461 e. The number of nitrogen functional groups attached to an aromatic ring is 1. The van der Waals surface area contributed by atoms with Crippen molar-refractivity contribution in [2.75, 3.05) is 17.6 Å². The van der Waals surface area contributed by atoms with Crippen molar-refractivity contribution in [1.82, 2.24) is 19.9 Å². The lowest BCUT2D eigenvalue weighted by Gasteiger charge is -2.12. The maximum Gasteiger partial charge on any atom is 0.323 e. The highest BCUT2D eigenvalue weighted by atomic mass is 32.1. The first kappa shape index (κ1) is 14.4. The van der Waals surface area contributed by atoms with Crippen molar-refractivity contribution < 1.29 is 4.74 Å². The van der Waals surface area contributed by atoms with E-state index in [1.165, 1.54) is 0 Å². The minimum absolute atomic E-state index is 0.0149. The molecule has 108 valence electrons. The summed E-state index contributed by atoms with van der Waals surface area (Å²) in [4.78, 5) is 16.4. The summed E-state index contributed by atoms with van der Waals surface area (Å²) >= 11 is 1.63. The van der Waals surface area contributed by atoms with Crippen LogP contribution in [0.1, 0.15) is 31.7 Å². The van der Waals surface area contributed by atoms with E-state index < -0.39 is 0 Å². The van der Waals surface area contributed by atoms with Gasteiger partial charge in [0.05, 0.1) is 11.1 Å². The van der Waals surface area contributed by atoms with Crippen molar-refractivity contribution in [3.63, 3.8) is 0 Å². The molecule has 0 bridgehead atoms. The van der Waals surface area contributed by atoms with E-state index in [1.54, 1.807) is 17.5 Å². The van der Waals surface area contributed by atoms with E-state index in [0.29, 0.717) is 12.5 Å². The fourth-order valence-electron chi connectivity index (χ4n) is 1.52. The second-order valence-corrected chi connectivity index (χ2v) is 5.54. The summed E-state index contributed by atoms with van der Waals surface area (Å²) in [6, 6.07) is 0.233. The Kier molecular flexibility index (Phi) is 4.67. The van der Waals surface area contributed by atoms with E-state index in [1.807, 2.05) is 19.2 Å². The van der Waals surface area contributed by atoms with E-state index in [0.717, 1.165) is 5.01 Å². The molecule has 2 aromatic heterocycles. The second-order valence-electron chi connectivity index (χ2n) is 4.62. The zero-order chi connectivity index (χ0) is 14.5. The summed E-state index contributed by atoms with van der Waals surface area (Å²) in [5, 5.41) is 6.16. The molecule has 2 aromatic rings. The van der Waals surface area contributed by atoms with Gasteiger partial charge in [0.15, 0.2) is 0 Å². The van der Waals surface area contributed by atoms with Crippen molar-refractivity contribution >= 4 is 23.2 Å². The van der Waals surface area contributed by atoms with Crippen LogP contribution in [0.5, 0.6) is 6.01 Å². The number of thiazole rings is 1. The van der Waals surface area contributed by atoms with Gasteiger partial charge in [-0.25, -0.2) is 4.98 Å². The van der Waals surface area contributed by atoms with Crippen LogP contribution in [0.2, 0.25) is 0 Å². The second kappa shape index (κ2) is 6.47. The van der Waals surface area contributed by atoms with Gasteiger partial charge >= 0.3 is 6.01 Å². The molecule has 1 unspecified atom stereocenters. The topological polar surface area (TPSA) is 98.8 Å². The van der Waals surface area contributed by atoms with Crippen LogP contribution >= 0.6 is 11.3 Å². The number of aromatic nitrogens is 4. The van der Waals surface area contributed by atoms with E-state index in [-0.39, 0.29) is 24.0 Å². The zero-order valence-corrected chi connectivity index (χ0v) is 12.5. The normalized spacial score (nSPS) is 12.4. The van der Waals surface area contributed by atoms with Gasteiger partial charge < -0.3 is 15.8 Å². The maximum absolute atomic E-state index is 5.64. The van der Waals surface area contributed by atoms with Crippen LogP contribution in [-0.4, -0.2) is 32.6 Å². The molecule has 0 aliphatic carbocycles. The van der Waals surface area contributed by atoms with Crippen molar-refractivity contribution in [2.45, 2.75) is 32.8 Å². The molecule has 0 aromatic carbocycles. The Labute approximate surface area is 121 Å². The third kappa shape index (κ3) is 4.02. The fraction of sp³-hybridized carbons (Fsp3) is 0.500. The molecule has 7 nitrogen and oxygen atoms in total. The summed E-state index contributed by atoms with van der Waals surface area (Å²) in [5.41, 5.74) is 5.64. The van der Waals surface area contributed by atoms with Gasteiger partial charge in [-0.15, -0.1) is 11.3 Å². The first-order chi connectivity index (χ1) is 9.54. The first-order valence-corrected chi connectivity index (χ1v) is 7.24. The van der Waals surface area contributed by atoms with Crippen molar-refractivity contribution in [2.24, 2.45) is 0 Å². The highest BCUT2D eigenvalue weighted by Crippen LogP contribution is 2.18. The molecule has 0 amide bonds. The van der Waals surface area contributed by atoms with Gasteiger partial charge in [-0.05, 0) is 13.8 Å². The number of nitrogens with two attached hydrogens (primary N) is 1. The number of rotatable bonds is 6. The van der Waals surface area contributed by atoms with Crippen LogP contribution in [0.15, 0.2) is 11.6 Å². The lowest BCUT2D eigenvalue weighted by atomic mass is 10.2. The van der Waals surface area contributed by atoms with Crippen molar-refractivity contribution in [3.05, 3.63) is 16.6 Å². The van der Waals surface area contributed by atoms with E-state index in [4.69, 9.17) is 10.5 Å². The largest absolute Gasteiger partial charge is 0.461 e. The smallest absolute Gasteiger partial charge is 0.323 e. The lowest BCUT2D eigenvalue weighted by molar-refractivity contribution is 0.222. The van der Waals surface area contributed by atoms with Gasteiger partial charge in [-0.1, -0.05) is 6.92 Å². The molecule has 2 heterocycles. The third-order valence-electron chi connectivity index (χ3n) is 2.41. The standard InChI is InChI=1S/C12H18N6OS/c1-7(2)19-12-17-10(13)16-11(18-12)15-6-8(3)9-14-4-5-20-9/h4-5,7-8H,6H2,1-3H3,(H3,13,15,16,17,18). The van der Waals surface area contributed by atoms with E-state index >= 15 is 0 Å². The van der Waals surface area contributed by atoms with Crippen LogP contribution in [0.4, 0.5) is 11.9 Å². The Morgan fingerprint density at radius 2 is 2.10 bits per heavy atom. The number of nitrogens with one attached hydrogen (secondary N) is 1. The van der Waals surface area contributed by atoms with Crippen LogP contribution in [0.3, 0.4) is 0 Å². The third-order valence-corrected chi connectivity index (χ3v) is 3.42. The molecule has 3 N–H and O–H groups in total. The van der Waals surface area contributed by atoms with Crippen LogP contribution < -0.4 is 15.8 Å². The summed E-state index contributed by atoms with van der Waals surface area (Å²) in [6.07, 6.45) is 1.78. The molecule has 2 rings (SSSR count). The minimum atomic E-state index is -0.0149.